The maximum atomic E-state index is 5.63. The van der Waals surface area contributed by atoms with Crippen molar-refractivity contribution in [3.05, 3.63) is 43.0 Å². The van der Waals surface area contributed by atoms with Gasteiger partial charge in [-0.25, -0.2) is 0 Å². The lowest BCUT2D eigenvalue weighted by molar-refractivity contribution is 0.318. The van der Waals surface area contributed by atoms with E-state index < -0.39 is 0 Å². The van der Waals surface area contributed by atoms with Gasteiger partial charge in [-0.2, -0.15) is 0 Å². The molecule has 0 fully saturated rings. The van der Waals surface area contributed by atoms with Crippen LogP contribution in [0.5, 0.6) is 17.2 Å². The Balaban J connectivity index is 3.23. The van der Waals surface area contributed by atoms with Gasteiger partial charge in [0, 0.05) is 5.56 Å². The molecule has 0 saturated heterocycles. The first-order valence-electron chi connectivity index (χ1n) is 5.36. The first kappa shape index (κ1) is 13.2. The maximum absolute atomic E-state index is 5.63. The Kier molecular flexibility index (Phi) is 5.14. The minimum absolute atomic E-state index is 0.424. The predicted molar refractivity (Wildman–Crippen MR) is 69.1 cm³/mol. The lowest BCUT2D eigenvalue weighted by atomic mass is 10.1. The Labute approximate surface area is 102 Å². The normalized spacial score (nSPS) is 9.53. The van der Waals surface area contributed by atoms with Gasteiger partial charge in [0.05, 0.1) is 14.2 Å². The van der Waals surface area contributed by atoms with Crippen molar-refractivity contribution >= 4 is 0 Å². The smallest absolute Gasteiger partial charge is 0.168 e. The zero-order chi connectivity index (χ0) is 12.7. The summed E-state index contributed by atoms with van der Waals surface area (Å²) in [7, 11) is 3.24. The summed E-state index contributed by atoms with van der Waals surface area (Å²) in [5.74, 6) is 2.14. The second-order valence-corrected chi connectivity index (χ2v) is 3.37. The molecule has 92 valence electrons. The number of ether oxygens (including phenoxy) is 3. The average Bonchev–Trinajstić information content (AvgIpc) is 2.37. The van der Waals surface area contributed by atoms with E-state index in [0.29, 0.717) is 24.5 Å². The molecule has 0 N–H and O–H groups in total. The van der Waals surface area contributed by atoms with Crippen LogP contribution < -0.4 is 14.2 Å². The SMILES string of the molecule is C=CCOc1c(OC)ccc(OC)c1CC=C. The van der Waals surface area contributed by atoms with Crippen molar-refractivity contribution in [2.45, 2.75) is 6.42 Å². The molecular formula is C14H18O3. The molecule has 0 aliphatic heterocycles. The van der Waals surface area contributed by atoms with Crippen LogP contribution in [-0.2, 0) is 6.42 Å². The van der Waals surface area contributed by atoms with Crippen LogP contribution in [0.25, 0.3) is 0 Å². The van der Waals surface area contributed by atoms with E-state index in [1.165, 1.54) is 0 Å². The van der Waals surface area contributed by atoms with Crippen LogP contribution in [-0.4, -0.2) is 20.8 Å². The van der Waals surface area contributed by atoms with E-state index in [1.54, 1.807) is 26.4 Å². The molecule has 3 nitrogen and oxygen atoms in total. The highest BCUT2D eigenvalue weighted by atomic mass is 16.5. The molecule has 0 heterocycles. The van der Waals surface area contributed by atoms with Crippen molar-refractivity contribution in [1.82, 2.24) is 0 Å². The molecule has 0 unspecified atom stereocenters. The summed E-state index contributed by atoms with van der Waals surface area (Å²) in [6.45, 7) is 7.79. The minimum Gasteiger partial charge on any atom is -0.496 e. The van der Waals surface area contributed by atoms with E-state index >= 15 is 0 Å². The number of hydrogen-bond donors (Lipinski definition) is 0. The fourth-order valence-electron chi connectivity index (χ4n) is 1.58. The van der Waals surface area contributed by atoms with E-state index in [1.807, 2.05) is 12.1 Å². The second-order valence-electron chi connectivity index (χ2n) is 3.37. The summed E-state index contributed by atoms with van der Waals surface area (Å²) in [6, 6.07) is 3.68. The zero-order valence-corrected chi connectivity index (χ0v) is 10.4. The highest BCUT2D eigenvalue weighted by Crippen LogP contribution is 2.38. The number of hydrogen-bond acceptors (Lipinski definition) is 3. The maximum Gasteiger partial charge on any atom is 0.168 e. The number of benzene rings is 1. The molecule has 0 saturated carbocycles. The van der Waals surface area contributed by atoms with Gasteiger partial charge in [0.2, 0.25) is 0 Å². The van der Waals surface area contributed by atoms with Crippen molar-refractivity contribution in [3.63, 3.8) is 0 Å². The molecule has 0 bridgehead atoms. The van der Waals surface area contributed by atoms with E-state index in [4.69, 9.17) is 14.2 Å². The fraction of sp³-hybridized carbons (Fsp3) is 0.286. The van der Waals surface area contributed by atoms with E-state index in [9.17, 15) is 0 Å². The molecule has 0 spiro atoms. The molecule has 0 aliphatic carbocycles. The van der Waals surface area contributed by atoms with Crippen LogP contribution in [0.2, 0.25) is 0 Å². The molecule has 0 amide bonds. The molecule has 1 rings (SSSR count). The van der Waals surface area contributed by atoms with Crippen molar-refractivity contribution in [2.75, 3.05) is 20.8 Å². The summed E-state index contributed by atoms with van der Waals surface area (Å²) in [6.07, 6.45) is 4.15. The highest BCUT2D eigenvalue weighted by molar-refractivity contribution is 5.54. The summed E-state index contributed by atoms with van der Waals surface area (Å²) in [4.78, 5) is 0. The molecule has 0 atom stereocenters. The van der Waals surface area contributed by atoms with E-state index in [0.717, 1.165) is 11.3 Å². The van der Waals surface area contributed by atoms with Crippen LogP contribution in [0.4, 0.5) is 0 Å². The molecule has 17 heavy (non-hydrogen) atoms. The molecule has 3 heteroatoms. The van der Waals surface area contributed by atoms with Gasteiger partial charge in [0.25, 0.3) is 0 Å². The quantitative estimate of drug-likeness (QED) is 0.679. The first-order chi connectivity index (χ1) is 8.28. The van der Waals surface area contributed by atoms with Crippen LogP contribution in [0.3, 0.4) is 0 Å². The Hall–Kier alpha value is -1.90. The summed E-state index contributed by atoms with van der Waals surface area (Å²) in [5, 5.41) is 0. The van der Waals surface area contributed by atoms with Crippen molar-refractivity contribution in [1.29, 1.82) is 0 Å². The summed E-state index contributed by atoms with van der Waals surface area (Å²) < 4.78 is 16.2. The van der Waals surface area contributed by atoms with Gasteiger partial charge >= 0.3 is 0 Å². The lowest BCUT2D eigenvalue weighted by Crippen LogP contribution is -2.02. The van der Waals surface area contributed by atoms with E-state index in [-0.39, 0.29) is 0 Å². The van der Waals surface area contributed by atoms with Gasteiger partial charge in [0.1, 0.15) is 12.4 Å². The Morgan fingerprint density at radius 3 is 2.24 bits per heavy atom. The van der Waals surface area contributed by atoms with Gasteiger partial charge in [-0.05, 0) is 18.6 Å². The average molecular weight is 234 g/mol. The fourth-order valence-corrected chi connectivity index (χ4v) is 1.58. The summed E-state index contributed by atoms with van der Waals surface area (Å²) >= 11 is 0. The third-order valence-electron chi connectivity index (χ3n) is 2.32. The van der Waals surface area contributed by atoms with Gasteiger partial charge in [-0.3, -0.25) is 0 Å². The topological polar surface area (TPSA) is 27.7 Å². The third kappa shape index (κ3) is 3.03. The van der Waals surface area contributed by atoms with Gasteiger partial charge in [-0.1, -0.05) is 18.7 Å². The molecule has 1 aromatic rings. The number of methoxy groups -OCH3 is 2. The monoisotopic (exact) mass is 234 g/mol. The van der Waals surface area contributed by atoms with Gasteiger partial charge in [-0.15, -0.1) is 6.58 Å². The summed E-state index contributed by atoms with van der Waals surface area (Å²) in [5.41, 5.74) is 0.934. The lowest BCUT2D eigenvalue weighted by Gasteiger charge is -2.16. The van der Waals surface area contributed by atoms with Crippen LogP contribution in [0, 0.1) is 0 Å². The van der Waals surface area contributed by atoms with Crippen molar-refractivity contribution in [2.24, 2.45) is 0 Å². The molecule has 1 aromatic carbocycles. The highest BCUT2D eigenvalue weighted by Gasteiger charge is 2.14. The zero-order valence-electron chi connectivity index (χ0n) is 10.4. The standard InChI is InChI=1S/C14H18O3/c1-5-7-11-12(15-3)8-9-13(16-4)14(11)17-10-6-2/h5-6,8-9H,1-2,7,10H2,3-4H3. The minimum atomic E-state index is 0.424. The largest absolute Gasteiger partial charge is 0.496 e. The first-order valence-corrected chi connectivity index (χ1v) is 5.36. The Morgan fingerprint density at radius 2 is 1.71 bits per heavy atom. The molecule has 0 radical (unpaired) electrons. The van der Waals surface area contributed by atoms with Gasteiger partial charge in [0.15, 0.2) is 11.5 Å². The van der Waals surface area contributed by atoms with Crippen LogP contribution in [0.1, 0.15) is 5.56 Å². The molecule has 0 aliphatic rings. The van der Waals surface area contributed by atoms with E-state index in [2.05, 4.69) is 13.2 Å². The molecule has 0 aromatic heterocycles. The molecular weight excluding hydrogens is 216 g/mol. The van der Waals surface area contributed by atoms with Gasteiger partial charge < -0.3 is 14.2 Å². The second kappa shape index (κ2) is 6.63. The predicted octanol–water partition coefficient (Wildman–Crippen LogP) is 3.00. The van der Waals surface area contributed by atoms with Crippen molar-refractivity contribution in [3.8, 4) is 17.2 Å². The van der Waals surface area contributed by atoms with Crippen LogP contribution in [0.15, 0.2) is 37.4 Å². The van der Waals surface area contributed by atoms with Crippen LogP contribution >= 0.6 is 0 Å². The Bertz CT molecular complexity index is 397. The third-order valence-corrected chi connectivity index (χ3v) is 2.32. The number of rotatable bonds is 7. The van der Waals surface area contributed by atoms with Crippen molar-refractivity contribution < 1.29 is 14.2 Å². The Morgan fingerprint density at radius 1 is 1.06 bits per heavy atom. The number of allylic oxidation sites excluding steroid dienone is 1.